The lowest BCUT2D eigenvalue weighted by atomic mass is 10.2. The Hall–Kier alpha value is -1.43. The van der Waals surface area contributed by atoms with Crippen molar-refractivity contribution in [1.82, 2.24) is 5.32 Å². The van der Waals surface area contributed by atoms with Crippen LogP contribution in [-0.4, -0.2) is 23.0 Å². The average Bonchev–Trinajstić information content (AvgIpc) is 2.15. The van der Waals surface area contributed by atoms with Crippen molar-refractivity contribution in [1.29, 1.82) is 0 Å². The van der Waals surface area contributed by atoms with Crippen LogP contribution in [0.25, 0.3) is 0 Å². The Morgan fingerprint density at radius 3 is 2.56 bits per heavy atom. The van der Waals surface area contributed by atoms with Gasteiger partial charge in [0.05, 0.1) is 0 Å². The molecule has 1 amide bonds. The average molecular weight is 290 g/mol. The van der Waals surface area contributed by atoms with Gasteiger partial charge in [0.2, 0.25) is 0 Å². The monoisotopic (exact) mass is 289 g/mol. The van der Waals surface area contributed by atoms with Gasteiger partial charge in [-0.2, -0.15) is 0 Å². The number of carbonyl (C=O) groups is 2. The first-order valence-electron chi connectivity index (χ1n) is 4.40. The predicted octanol–water partition coefficient (Wildman–Crippen LogP) is 1.79. The number of halogens is 2. The molecule has 0 radical (unpaired) electrons. The summed E-state index contributed by atoms with van der Waals surface area (Å²) < 4.78 is 13.4. The van der Waals surface area contributed by atoms with Crippen molar-refractivity contribution >= 4 is 27.8 Å². The Balaban J connectivity index is 2.84. The lowest BCUT2D eigenvalue weighted by molar-refractivity contribution is -0.138. The highest BCUT2D eigenvalue weighted by atomic mass is 79.9. The fraction of sp³-hybridized carbons (Fsp3) is 0.200. The van der Waals surface area contributed by atoms with Crippen LogP contribution in [0.5, 0.6) is 0 Å². The number of hydrogen-bond acceptors (Lipinski definition) is 2. The molecule has 16 heavy (non-hydrogen) atoms. The molecule has 0 bridgehead atoms. The van der Waals surface area contributed by atoms with Crippen LogP contribution < -0.4 is 5.32 Å². The molecular weight excluding hydrogens is 281 g/mol. The molecule has 0 saturated heterocycles. The molecule has 4 nitrogen and oxygen atoms in total. The Labute approximate surface area is 99.6 Å². The summed E-state index contributed by atoms with van der Waals surface area (Å²) in [7, 11) is 0. The van der Waals surface area contributed by atoms with E-state index >= 15 is 0 Å². The number of carbonyl (C=O) groups excluding carboxylic acids is 1. The Bertz CT molecular complexity index is 416. The third-order valence-electron chi connectivity index (χ3n) is 1.84. The van der Waals surface area contributed by atoms with Crippen molar-refractivity contribution in [3.8, 4) is 0 Å². The maximum absolute atomic E-state index is 13.0. The molecule has 0 saturated carbocycles. The predicted molar refractivity (Wildman–Crippen MR) is 58.7 cm³/mol. The topological polar surface area (TPSA) is 66.4 Å². The Morgan fingerprint density at radius 1 is 1.44 bits per heavy atom. The summed E-state index contributed by atoms with van der Waals surface area (Å²) in [4.78, 5) is 22.0. The summed E-state index contributed by atoms with van der Waals surface area (Å²) in [5, 5.41) is 10.8. The lowest BCUT2D eigenvalue weighted by Crippen LogP contribution is -2.38. The third-order valence-corrected chi connectivity index (χ3v) is 2.30. The molecule has 0 aliphatic carbocycles. The number of amides is 1. The molecule has 1 aromatic carbocycles. The molecule has 0 fully saturated rings. The number of aliphatic carboxylic acids is 1. The molecular formula is C10H9BrFNO3. The zero-order valence-corrected chi connectivity index (χ0v) is 9.92. The number of carboxylic acids is 1. The van der Waals surface area contributed by atoms with Crippen molar-refractivity contribution in [3.05, 3.63) is 34.1 Å². The minimum Gasteiger partial charge on any atom is -0.480 e. The third kappa shape index (κ3) is 3.30. The van der Waals surface area contributed by atoms with Crippen LogP contribution in [0.1, 0.15) is 17.3 Å². The number of hydrogen-bond donors (Lipinski definition) is 2. The summed E-state index contributed by atoms with van der Waals surface area (Å²) >= 11 is 3.04. The van der Waals surface area contributed by atoms with E-state index in [1.54, 1.807) is 0 Å². The minimum absolute atomic E-state index is 0.0694. The molecule has 1 aromatic rings. The van der Waals surface area contributed by atoms with E-state index in [9.17, 15) is 14.0 Å². The van der Waals surface area contributed by atoms with E-state index in [0.29, 0.717) is 4.47 Å². The highest BCUT2D eigenvalue weighted by molar-refractivity contribution is 9.10. The van der Waals surface area contributed by atoms with Gasteiger partial charge in [0, 0.05) is 10.0 Å². The van der Waals surface area contributed by atoms with Crippen LogP contribution in [0, 0.1) is 5.82 Å². The van der Waals surface area contributed by atoms with Crippen LogP contribution in [0.2, 0.25) is 0 Å². The molecule has 1 rings (SSSR count). The van der Waals surface area contributed by atoms with Crippen molar-refractivity contribution < 1.29 is 19.1 Å². The summed E-state index contributed by atoms with van der Waals surface area (Å²) in [5.41, 5.74) is 0.0694. The van der Waals surface area contributed by atoms with Crippen LogP contribution in [0.15, 0.2) is 22.7 Å². The fourth-order valence-electron chi connectivity index (χ4n) is 1.03. The number of carboxylic acid groups (broad SMARTS) is 1. The molecule has 0 aliphatic heterocycles. The van der Waals surface area contributed by atoms with E-state index < -0.39 is 23.7 Å². The van der Waals surface area contributed by atoms with Crippen molar-refractivity contribution in [2.24, 2.45) is 0 Å². The Morgan fingerprint density at radius 2 is 2.06 bits per heavy atom. The van der Waals surface area contributed by atoms with E-state index in [4.69, 9.17) is 5.11 Å². The summed E-state index contributed by atoms with van der Waals surface area (Å²) in [5.74, 6) is -2.35. The highest BCUT2D eigenvalue weighted by Crippen LogP contribution is 2.14. The molecule has 0 heterocycles. The van der Waals surface area contributed by atoms with Crippen molar-refractivity contribution in [2.75, 3.05) is 0 Å². The number of nitrogens with one attached hydrogen (secondary N) is 1. The van der Waals surface area contributed by atoms with Crippen LogP contribution in [0.3, 0.4) is 0 Å². The fourth-order valence-corrected chi connectivity index (χ4v) is 1.49. The first-order chi connectivity index (χ1) is 7.40. The normalized spacial score (nSPS) is 11.9. The van der Waals surface area contributed by atoms with Gasteiger partial charge in [-0.05, 0) is 25.1 Å². The van der Waals surface area contributed by atoms with Crippen LogP contribution in [0.4, 0.5) is 4.39 Å². The molecule has 6 heteroatoms. The van der Waals surface area contributed by atoms with Gasteiger partial charge in [-0.1, -0.05) is 15.9 Å². The first kappa shape index (κ1) is 12.6. The van der Waals surface area contributed by atoms with E-state index in [2.05, 4.69) is 21.2 Å². The van der Waals surface area contributed by atoms with Gasteiger partial charge in [-0.15, -0.1) is 0 Å². The highest BCUT2D eigenvalue weighted by Gasteiger charge is 2.15. The van der Waals surface area contributed by atoms with Gasteiger partial charge in [-0.3, -0.25) is 9.59 Å². The number of benzene rings is 1. The van der Waals surface area contributed by atoms with E-state index in [1.165, 1.54) is 19.1 Å². The van der Waals surface area contributed by atoms with Crippen LogP contribution in [-0.2, 0) is 4.79 Å². The molecule has 0 aromatic heterocycles. The van der Waals surface area contributed by atoms with Gasteiger partial charge >= 0.3 is 5.97 Å². The molecule has 1 atom stereocenters. The maximum atomic E-state index is 13.0. The van der Waals surface area contributed by atoms with Gasteiger partial charge in [-0.25, -0.2) is 4.39 Å². The van der Waals surface area contributed by atoms with Gasteiger partial charge in [0.15, 0.2) is 0 Å². The first-order valence-corrected chi connectivity index (χ1v) is 5.19. The van der Waals surface area contributed by atoms with Gasteiger partial charge < -0.3 is 10.4 Å². The van der Waals surface area contributed by atoms with E-state index in [1.807, 2.05) is 0 Å². The second-order valence-electron chi connectivity index (χ2n) is 3.19. The SMILES string of the molecule is C[C@@H](NC(=O)c1cc(F)cc(Br)c1)C(=O)O. The second kappa shape index (κ2) is 5.07. The molecule has 0 spiro atoms. The molecule has 0 unspecified atom stereocenters. The molecule has 2 N–H and O–H groups in total. The van der Waals surface area contributed by atoms with Crippen molar-refractivity contribution in [2.45, 2.75) is 13.0 Å². The second-order valence-corrected chi connectivity index (χ2v) is 4.11. The zero-order chi connectivity index (χ0) is 12.3. The lowest BCUT2D eigenvalue weighted by Gasteiger charge is -2.09. The summed E-state index contributed by atoms with van der Waals surface area (Å²) in [6, 6.07) is 2.63. The molecule has 86 valence electrons. The zero-order valence-electron chi connectivity index (χ0n) is 8.33. The number of rotatable bonds is 3. The van der Waals surface area contributed by atoms with Gasteiger partial charge in [0.1, 0.15) is 11.9 Å². The van der Waals surface area contributed by atoms with Crippen LogP contribution >= 0.6 is 15.9 Å². The van der Waals surface area contributed by atoms with Crippen molar-refractivity contribution in [3.63, 3.8) is 0 Å². The largest absolute Gasteiger partial charge is 0.480 e. The van der Waals surface area contributed by atoms with Gasteiger partial charge in [0.25, 0.3) is 5.91 Å². The standard InChI is InChI=1S/C10H9BrFNO3/c1-5(10(15)16)13-9(14)6-2-7(11)4-8(12)3-6/h2-5H,1H3,(H,13,14)(H,15,16)/t5-/m1/s1. The quantitative estimate of drug-likeness (QED) is 0.892. The summed E-state index contributed by atoms with van der Waals surface area (Å²) in [6.45, 7) is 1.33. The maximum Gasteiger partial charge on any atom is 0.325 e. The minimum atomic E-state index is -1.15. The smallest absolute Gasteiger partial charge is 0.325 e. The Kier molecular flexibility index (Phi) is 4.00. The molecule has 0 aliphatic rings. The summed E-state index contributed by atoms with van der Waals surface area (Å²) in [6.07, 6.45) is 0. The van der Waals surface area contributed by atoms with E-state index in [0.717, 1.165) is 6.07 Å². The van der Waals surface area contributed by atoms with E-state index in [-0.39, 0.29) is 5.56 Å².